The molecule has 4 nitrogen and oxygen atoms in total. The normalized spacial score (nSPS) is 15.9. The highest BCUT2D eigenvalue weighted by Crippen LogP contribution is 2.37. The number of ketones is 2. The van der Waals surface area contributed by atoms with Gasteiger partial charge in [-0.25, -0.2) is 0 Å². The zero-order valence-corrected chi connectivity index (χ0v) is 17.7. The van der Waals surface area contributed by atoms with E-state index >= 15 is 0 Å². The summed E-state index contributed by atoms with van der Waals surface area (Å²) in [4.78, 5) is 39.0. The van der Waals surface area contributed by atoms with Crippen molar-refractivity contribution in [3.63, 3.8) is 0 Å². The Morgan fingerprint density at radius 1 is 0.857 bits per heavy atom. The van der Waals surface area contributed by atoms with Gasteiger partial charge in [0.05, 0.1) is 0 Å². The summed E-state index contributed by atoms with van der Waals surface area (Å²) >= 11 is 0. The zero-order valence-electron chi connectivity index (χ0n) is 17.7. The highest BCUT2D eigenvalue weighted by molar-refractivity contribution is 6.25. The third-order valence-corrected chi connectivity index (χ3v) is 5.67. The summed E-state index contributed by atoms with van der Waals surface area (Å²) in [5, 5.41) is 0. The standard InChI is InChI=1S/C24H31NO3/c1-16-17(2)24(28)22(18(3)23(16)27)20(19-12-8-6-9-13-19)14-10-7-11-15-21(26)25(4)5/h6,8-9,12-13,20H,7,10-11,14-15H2,1-5H3. The Kier molecular flexibility index (Phi) is 7.50. The van der Waals surface area contributed by atoms with E-state index in [9.17, 15) is 14.4 Å². The molecule has 1 aromatic carbocycles. The fourth-order valence-electron chi connectivity index (χ4n) is 3.72. The van der Waals surface area contributed by atoms with E-state index in [0.29, 0.717) is 28.7 Å². The molecule has 0 N–H and O–H groups in total. The van der Waals surface area contributed by atoms with Crippen molar-refractivity contribution in [3.8, 4) is 0 Å². The number of allylic oxidation sites excluding steroid dienone is 4. The molecule has 2 rings (SSSR count). The van der Waals surface area contributed by atoms with E-state index in [0.717, 1.165) is 31.2 Å². The van der Waals surface area contributed by atoms with Crippen LogP contribution >= 0.6 is 0 Å². The average Bonchev–Trinajstić information content (AvgIpc) is 2.69. The fourth-order valence-corrected chi connectivity index (χ4v) is 3.72. The van der Waals surface area contributed by atoms with Gasteiger partial charge in [0, 0.05) is 48.7 Å². The number of benzene rings is 1. The molecule has 0 fully saturated rings. The summed E-state index contributed by atoms with van der Waals surface area (Å²) in [5.74, 6) is 0.0172. The molecule has 0 aromatic heterocycles. The van der Waals surface area contributed by atoms with E-state index < -0.39 is 0 Å². The molecule has 1 atom stereocenters. The van der Waals surface area contributed by atoms with Crippen LogP contribution in [0.1, 0.15) is 64.4 Å². The lowest BCUT2D eigenvalue weighted by molar-refractivity contribution is -0.128. The molecule has 1 aliphatic carbocycles. The largest absolute Gasteiger partial charge is 0.349 e. The second-order valence-corrected chi connectivity index (χ2v) is 7.80. The number of carbonyl (C=O) groups is 3. The first-order valence-corrected chi connectivity index (χ1v) is 9.98. The minimum Gasteiger partial charge on any atom is -0.349 e. The van der Waals surface area contributed by atoms with Crippen LogP contribution in [0.2, 0.25) is 0 Å². The van der Waals surface area contributed by atoms with Crippen LogP contribution in [0.15, 0.2) is 52.6 Å². The Balaban J connectivity index is 2.19. The maximum absolute atomic E-state index is 13.0. The van der Waals surface area contributed by atoms with Gasteiger partial charge in [0.2, 0.25) is 5.91 Å². The number of nitrogens with zero attached hydrogens (tertiary/aromatic N) is 1. The van der Waals surface area contributed by atoms with Gasteiger partial charge < -0.3 is 4.90 Å². The van der Waals surface area contributed by atoms with Gasteiger partial charge in [-0.05, 0) is 39.2 Å². The lowest BCUT2D eigenvalue weighted by atomic mass is 9.76. The molecular weight excluding hydrogens is 350 g/mol. The molecule has 1 unspecified atom stereocenters. The van der Waals surface area contributed by atoms with E-state index in [-0.39, 0.29) is 23.4 Å². The Bertz CT molecular complexity index is 816. The third-order valence-electron chi connectivity index (χ3n) is 5.67. The summed E-state index contributed by atoms with van der Waals surface area (Å²) in [5.41, 5.74) is 3.39. The highest BCUT2D eigenvalue weighted by Gasteiger charge is 2.33. The van der Waals surface area contributed by atoms with Gasteiger partial charge in [-0.15, -0.1) is 0 Å². The fraction of sp³-hybridized carbons (Fsp3) is 0.458. The summed E-state index contributed by atoms with van der Waals surface area (Å²) in [6.07, 6.45) is 3.99. The molecule has 0 heterocycles. The maximum Gasteiger partial charge on any atom is 0.222 e. The van der Waals surface area contributed by atoms with Crippen molar-refractivity contribution >= 4 is 17.5 Å². The summed E-state index contributed by atoms with van der Waals surface area (Å²) < 4.78 is 0. The zero-order chi connectivity index (χ0) is 20.8. The average molecular weight is 382 g/mol. The molecule has 0 radical (unpaired) electrons. The van der Waals surface area contributed by atoms with Crippen LogP contribution in [-0.4, -0.2) is 36.5 Å². The lowest BCUT2D eigenvalue weighted by Crippen LogP contribution is -2.24. The van der Waals surface area contributed by atoms with Crippen LogP contribution in [0.25, 0.3) is 0 Å². The summed E-state index contributed by atoms with van der Waals surface area (Å²) in [7, 11) is 3.54. The quantitative estimate of drug-likeness (QED) is 0.488. The third kappa shape index (κ3) is 4.86. The molecule has 150 valence electrons. The molecule has 28 heavy (non-hydrogen) atoms. The number of carbonyl (C=O) groups excluding carboxylic acids is 3. The highest BCUT2D eigenvalue weighted by atomic mass is 16.2. The monoisotopic (exact) mass is 381 g/mol. The predicted molar refractivity (Wildman–Crippen MR) is 112 cm³/mol. The second kappa shape index (κ2) is 9.63. The van der Waals surface area contributed by atoms with Crippen molar-refractivity contribution in [3.05, 3.63) is 58.2 Å². The van der Waals surface area contributed by atoms with Gasteiger partial charge in [-0.3, -0.25) is 14.4 Å². The number of rotatable bonds is 8. The molecule has 0 spiro atoms. The van der Waals surface area contributed by atoms with Crippen molar-refractivity contribution in [1.29, 1.82) is 0 Å². The van der Waals surface area contributed by atoms with E-state index in [1.807, 2.05) is 30.3 Å². The van der Waals surface area contributed by atoms with Gasteiger partial charge in [0.15, 0.2) is 11.6 Å². The second-order valence-electron chi connectivity index (χ2n) is 7.80. The van der Waals surface area contributed by atoms with Crippen LogP contribution in [0.4, 0.5) is 0 Å². The van der Waals surface area contributed by atoms with Gasteiger partial charge in [-0.2, -0.15) is 0 Å². The molecule has 4 heteroatoms. The SMILES string of the molecule is CC1=C(C)C(=O)C(C(CCCCCC(=O)N(C)C)c2ccccc2)=C(C)C1=O. The molecular formula is C24H31NO3. The molecule has 1 aliphatic rings. The number of amides is 1. The van der Waals surface area contributed by atoms with Crippen LogP contribution in [0.5, 0.6) is 0 Å². The van der Waals surface area contributed by atoms with Crippen molar-refractivity contribution in [2.24, 2.45) is 0 Å². The topological polar surface area (TPSA) is 54.5 Å². The first kappa shape index (κ1) is 21.8. The van der Waals surface area contributed by atoms with E-state index in [1.165, 1.54) is 0 Å². The van der Waals surface area contributed by atoms with Crippen molar-refractivity contribution < 1.29 is 14.4 Å². The Hall–Kier alpha value is -2.49. The van der Waals surface area contributed by atoms with Crippen LogP contribution < -0.4 is 0 Å². The molecule has 0 saturated heterocycles. The van der Waals surface area contributed by atoms with Gasteiger partial charge >= 0.3 is 0 Å². The lowest BCUT2D eigenvalue weighted by Gasteiger charge is -2.26. The van der Waals surface area contributed by atoms with Crippen LogP contribution in [0, 0.1) is 0 Å². The Morgan fingerprint density at radius 2 is 1.46 bits per heavy atom. The molecule has 0 aliphatic heterocycles. The Morgan fingerprint density at radius 3 is 2.07 bits per heavy atom. The molecule has 1 aromatic rings. The number of Topliss-reactive ketones (excluding diaryl/α,β-unsaturated/α-hetero) is 2. The van der Waals surface area contributed by atoms with Crippen LogP contribution in [0.3, 0.4) is 0 Å². The van der Waals surface area contributed by atoms with Crippen molar-refractivity contribution in [2.45, 2.75) is 58.8 Å². The van der Waals surface area contributed by atoms with Gasteiger partial charge in [0.25, 0.3) is 0 Å². The van der Waals surface area contributed by atoms with Crippen molar-refractivity contribution in [2.75, 3.05) is 14.1 Å². The first-order valence-electron chi connectivity index (χ1n) is 9.98. The smallest absolute Gasteiger partial charge is 0.222 e. The number of unbranched alkanes of at least 4 members (excludes halogenated alkanes) is 2. The summed E-state index contributed by atoms with van der Waals surface area (Å²) in [6.45, 7) is 5.25. The predicted octanol–water partition coefficient (Wildman–Crippen LogP) is 4.61. The minimum atomic E-state index is -0.0924. The van der Waals surface area contributed by atoms with Gasteiger partial charge in [-0.1, -0.05) is 43.2 Å². The van der Waals surface area contributed by atoms with Crippen LogP contribution in [-0.2, 0) is 14.4 Å². The Labute approximate surface area is 168 Å². The van der Waals surface area contributed by atoms with Gasteiger partial charge in [0.1, 0.15) is 0 Å². The van der Waals surface area contributed by atoms with E-state index in [2.05, 4.69) is 0 Å². The molecule has 0 saturated carbocycles. The molecule has 1 amide bonds. The van der Waals surface area contributed by atoms with Crippen molar-refractivity contribution in [1.82, 2.24) is 4.90 Å². The van der Waals surface area contributed by atoms with E-state index in [1.54, 1.807) is 39.8 Å². The minimum absolute atomic E-state index is 0.00811. The van der Waals surface area contributed by atoms with E-state index in [4.69, 9.17) is 0 Å². The number of hydrogen-bond donors (Lipinski definition) is 0. The molecule has 0 bridgehead atoms. The summed E-state index contributed by atoms with van der Waals surface area (Å²) in [6, 6.07) is 9.95. The number of hydrogen-bond acceptors (Lipinski definition) is 3. The first-order chi connectivity index (χ1) is 13.3. The maximum atomic E-state index is 13.0.